The van der Waals surface area contributed by atoms with Crippen LogP contribution in [-0.2, 0) is 11.8 Å². The van der Waals surface area contributed by atoms with Gasteiger partial charge in [0.2, 0.25) is 0 Å². The summed E-state index contributed by atoms with van der Waals surface area (Å²) in [6, 6.07) is 2.53. The second-order valence-electron chi connectivity index (χ2n) is 6.44. The molecule has 1 aliphatic carbocycles. The van der Waals surface area contributed by atoms with E-state index < -0.39 is 0 Å². The van der Waals surface area contributed by atoms with Crippen LogP contribution in [0.2, 0.25) is 0 Å². The van der Waals surface area contributed by atoms with Gasteiger partial charge in [-0.05, 0) is 44.2 Å². The highest BCUT2D eigenvalue weighted by atomic mass is 16.5. The van der Waals surface area contributed by atoms with E-state index in [-0.39, 0.29) is 5.60 Å². The molecule has 0 bridgehead atoms. The predicted molar refractivity (Wildman–Crippen MR) is 79.5 cm³/mol. The number of rotatable bonds is 4. The van der Waals surface area contributed by atoms with Gasteiger partial charge < -0.3 is 10.1 Å². The second kappa shape index (κ2) is 5.86. The van der Waals surface area contributed by atoms with E-state index in [2.05, 4.69) is 23.4 Å². The smallest absolute Gasteiger partial charge is 0.0796 e. The average molecular weight is 277 g/mol. The third-order valence-corrected chi connectivity index (χ3v) is 4.99. The van der Waals surface area contributed by atoms with E-state index >= 15 is 0 Å². The Morgan fingerprint density at radius 3 is 2.95 bits per heavy atom. The van der Waals surface area contributed by atoms with E-state index in [0.29, 0.717) is 12.0 Å². The van der Waals surface area contributed by atoms with E-state index in [1.165, 1.54) is 37.8 Å². The summed E-state index contributed by atoms with van der Waals surface area (Å²) < 4.78 is 8.08. The number of ether oxygens (including phenoxy) is 1. The van der Waals surface area contributed by atoms with Crippen molar-refractivity contribution in [2.75, 3.05) is 13.2 Å². The molecule has 112 valence electrons. The van der Waals surface area contributed by atoms with Crippen LogP contribution < -0.4 is 5.32 Å². The Balaban J connectivity index is 1.76. The van der Waals surface area contributed by atoms with Gasteiger partial charge in [0.05, 0.1) is 17.3 Å². The Labute approximate surface area is 121 Å². The highest BCUT2D eigenvalue weighted by Gasteiger charge is 2.42. The van der Waals surface area contributed by atoms with Gasteiger partial charge in [-0.25, -0.2) is 0 Å². The highest BCUT2D eigenvalue weighted by molar-refractivity contribution is 5.09. The van der Waals surface area contributed by atoms with Crippen LogP contribution in [-0.4, -0.2) is 28.5 Å². The lowest BCUT2D eigenvalue weighted by molar-refractivity contribution is -0.0983. The monoisotopic (exact) mass is 277 g/mol. The first-order chi connectivity index (χ1) is 9.72. The maximum absolute atomic E-state index is 6.17. The molecule has 4 heteroatoms. The van der Waals surface area contributed by atoms with Gasteiger partial charge in [-0.2, -0.15) is 5.10 Å². The summed E-state index contributed by atoms with van der Waals surface area (Å²) in [5.74, 6) is 0.650. The summed E-state index contributed by atoms with van der Waals surface area (Å²) in [6.45, 7) is 4.09. The summed E-state index contributed by atoms with van der Waals surface area (Å²) >= 11 is 0. The Bertz CT molecular complexity index is 437. The van der Waals surface area contributed by atoms with Gasteiger partial charge >= 0.3 is 0 Å². The summed E-state index contributed by atoms with van der Waals surface area (Å²) in [4.78, 5) is 0. The minimum atomic E-state index is 0.186. The quantitative estimate of drug-likeness (QED) is 0.920. The minimum Gasteiger partial charge on any atom is -0.375 e. The van der Waals surface area contributed by atoms with Crippen molar-refractivity contribution in [2.45, 2.75) is 57.1 Å². The molecule has 4 nitrogen and oxygen atoms in total. The zero-order valence-corrected chi connectivity index (χ0v) is 12.8. The van der Waals surface area contributed by atoms with Gasteiger partial charge in [0.25, 0.3) is 0 Å². The second-order valence-corrected chi connectivity index (χ2v) is 6.44. The molecule has 2 aliphatic rings. The first kappa shape index (κ1) is 14.1. The maximum atomic E-state index is 6.17. The molecule has 2 atom stereocenters. The van der Waals surface area contributed by atoms with Crippen molar-refractivity contribution >= 4 is 0 Å². The van der Waals surface area contributed by atoms with Crippen LogP contribution in [0.15, 0.2) is 12.3 Å². The molecule has 3 rings (SSSR count). The van der Waals surface area contributed by atoms with E-state index in [1.54, 1.807) is 0 Å². The molecule has 1 spiro atoms. The molecule has 0 aromatic carbocycles. The molecule has 0 amide bonds. The number of aromatic nitrogens is 2. The third kappa shape index (κ3) is 2.77. The van der Waals surface area contributed by atoms with Gasteiger partial charge in [0.1, 0.15) is 0 Å². The van der Waals surface area contributed by atoms with Crippen molar-refractivity contribution in [2.24, 2.45) is 13.0 Å². The molecule has 1 saturated carbocycles. The van der Waals surface area contributed by atoms with Crippen LogP contribution in [0.5, 0.6) is 0 Å². The zero-order chi connectivity index (χ0) is 14.0. The fraction of sp³-hybridized carbons (Fsp3) is 0.812. The fourth-order valence-electron chi connectivity index (χ4n) is 4.05. The lowest BCUT2D eigenvalue weighted by atomic mass is 9.79. The lowest BCUT2D eigenvalue weighted by Gasteiger charge is -2.41. The van der Waals surface area contributed by atoms with Gasteiger partial charge in [-0.15, -0.1) is 0 Å². The van der Waals surface area contributed by atoms with Gasteiger partial charge in [-0.1, -0.05) is 19.8 Å². The summed E-state index contributed by atoms with van der Waals surface area (Å²) in [6.07, 6.45) is 9.57. The molecule has 2 fully saturated rings. The molecule has 0 radical (unpaired) electrons. The largest absolute Gasteiger partial charge is 0.375 e. The Morgan fingerprint density at radius 2 is 2.30 bits per heavy atom. The van der Waals surface area contributed by atoms with Crippen LogP contribution in [0.25, 0.3) is 0 Å². The Hall–Kier alpha value is -0.870. The first-order valence-electron chi connectivity index (χ1n) is 8.09. The average Bonchev–Trinajstić information content (AvgIpc) is 3.06. The number of nitrogens with one attached hydrogen (secondary N) is 1. The third-order valence-electron chi connectivity index (χ3n) is 4.99. The van der Waals surface area contributed by atoms with E-state index in [0.717, 1.165) is 19.6 Å². The highest BCUT2D eigenvalue weighted by Crippen LogP contribution is 2.45. The molecule has 1 N–H and O–H groups in total. The van der Waals surface area contributed by atoms with Crippen molar-refractivity contribution in [3.8, 4) is 0 Å². The van der Waals surface area contributed by atoms with Crippen molar-refractivity contribution < 1.29 is 4.74 Å². The molecule has 2 unspecified atom stereocenters. The van der Waals surface area contributed by atoms with Crippen LogP contribution in [0.4, 0.5) is 0 Å². The molecule has 1 aliphatic heterocycles. The Kier molecular flexibility index (Phi) is 4.13. The molecular weight excluding hydrogens is 250 g/mol. The van der Waals surface area contributed by atoms with Gasteiger partial charge in [0.15, 0.2) is 0 Å². The van der Waals surface area contributed by atoms with Crippen molar-refractivity contribution in [3.05, 3.63) is 18.0 Å². The van der Waals surface area contributed by atoms with Gasteiger partial charge in [0, 0.05) is 19.9 Å². The van der Waals surface area contributed by atoms with Crippen molar-refractivity contribution in [3.63, 3.8) is 0 Å². The zero-order valence-electron chi connectivity index (χ0n) is 12.8. The summed E-state index contributed by atoms with van der Waals surface area (Å²) in [5.41, 5.74) is 1.38. The maximum Gasteiger partial charge on any atom is 0.0796 e. The Morgan fingerprint density at radius 1 is 1.50 bits per heavy atom. The first-order valence-corrected chi connectivity index (χ1v) is 8.09. The number of aryl methyl sites for hydroxylation is 1. The molecule has 20 heavy (non-hydrogen) atoms. The van der Waals surface area contributed by atoms with E-state index in [9.17, 15) is 0 Å². The number of hydrogen-bond acceptors (Lipinski definition) is 3. The topological polar surface area (TPSA) is 39.1 Å². The summed E-state index contributed by atoms with van der Waals surface area (Å²) in [5, 5.41) is 8.29. The van der Waals surface area contributed by atoms with Gasteiger partial charge in [-0.3, -0.25) is 4.68 Å². The van der Waals surface area contributed by atoms with Crippen LogP contribution in [0, 0.1) is 5.92 Å². The molecule has 1 aromatic rings. The van der Waals surface area contributed by atoms with E-state index in [1.807, 2.05) is 17.9 Å². The van der Waals surface area contributed by atoms with Crippen LogP contribution in [0.3, 0.4) is 0 Å². The van der Waals surface area contributed by atoms with Crippen LogP contribution >= 0.6 is 0 Å². The standard InChI is InChI=1S/C16H27N3O/c1-3-17-15(14-6-10-19(2)18-14)13-7-11-20-16(12-13)8-4-5-9-16/h6,10,13,15,17H,3-5,7-9,11-12H2,1-2H3. The predicted octanol–water partition coefficient (Wildman–Crippen LogP) is 2.81. The normalized spacial score (nSPS) is 27.0. The van der Waals surface area contributed by atoms with Crippen molar-refractivity contribution in [1.82, 2.24) is 15.1 Å². The molecular formula is C16H27N3O. The minimum absolute atomic E-state index is 0.186. The van der Waals surface area contributed by atoms with Crippen LogP contribution in [0.1, 0.15) is 57.2 Å². The molecule has 1 aromatic heterocycles. The SMILES string of the molecule is CCNC(c1ccn(C)n1)C1CCOC2(CCCC2)C1. The van der Waals surface area contributed by atoms with E-state index in [4.69, 9.17) is 4.74 Å². The molecule has 1 saturated heterocycles. The lowest BCUT2D eigenvalue weighted by Crippen LogP contribution is -2.42. The number of hydrogen-bond donors (Lipinski definition) is 1. The fourth-order valence-corrected chi connectivity index (χ4v) is 4.05. The molecule has 2 heterocycles. The summed E-state index contributed by atoms with van der Waals surface area (Å²) in [7, 11) is 1.99. The number of nitrogens with zero attached hydrogens (tertiary/aromatic N) is 2. The van der Waals surface area contributed by atoms with Crippen molar-refractivity contribution in [1.29, 1.82) is 0 Å².